The molecule has 28 heavy (non-hydrogen) atoms. The van der Waals surface area contributed by atoms with Crippen LogP contribution in [0.5, 0.6) is 0 Å². The molecule has 2 fully saturated rings. The lowest BCUT2D eigenvalue weighted by Gasteiger charge is -2.50. The minimum atomic E-state index is -0.710. The number of amides is 2. The Morgan fingerprint density at radius 3 is 2.68 bits per heavy atom. The third-order valence-electron chi connectivity index (χ3n) is 5.83. The fourth-order valence-corrected chi connectivity index (χ4v) is 4.24. The number of nitrogens with zero attached hydrogens (tertiary/aromatic N) is 4. The first kappa shape index (κ1) is 19.2. The Labute approximate surface area is 163 Å². The van der Waals surface area contributed by atoms with Crippen LogP contribution in [-0.2, 0) is 4.74 Å². The van der Waals surface area contributed by atoms with Crippen LogP contribution in [0.3, 0.4) is 0 Å². The number of rotatable bonds is 3. The van der Waals surface area contributed by atoms with Gasteiger partial charge in [0.1, 0.15) is 17.6 Å². The molecule has 3 heterocycles. The van der Waals surface area contributed by atoms with E-state index in [1.165, 1.54) is 11.1 Å². The molecule has 152 valence electrons. The minimum absolute atomic E-state index is 0.0633. The van der Waals surface area contributed by atoms with Crippen molar-refractivity contribution in [2.75, 3.05) is 13.1 Å². The Balaban J connectivity index is 1.36. The molecule has 0 aromatic carbocycles. The number of aromatic nitrogens is 1. The van der Waals surface area contributed by atoms with Crippen molar-refractivity contribution in [2.45, 2.75) is 69.9 Å². The van der Waals surface area contributed by atoms with E-state index in [0.29, 0.717) is 43.6 Å². The van der Waals surface area contributed by atoms with Crippen LogP contribution in [-0.4, -0.2) is 58.1 Å². The van der Waals surface area contributed by atoms with E-state index in [9.17, 15) is 13.6 Å². The van der Waals surface area contributed by atoms with Gasteiger partial charge in [0, 0.05) is 18.8 Å². The minimum Gasteiger partial charge on any atom is -0.368 e. The van der Waals surface area contributed by atoms with Gasteiger partial charge in [-0.1, -0.05) is 0 Å². The maximum atomic E-state index is 13.9. The summed E-state index contributed by atoms with van der Waals surface area (Å²) in [6, 6.07) is 0.864. The van der Waals surface area contributed by atoms with Gasteiger partial charge in [-0.3, -0.25) is 4.98 Å². The smallest absolute Gasteiger partial charge is 0.341 e. The molecule has 0 radical (unpaired) electrons. The highest BCUT2D eigenvalue weighted by atomic mass is 19.1. The first-order valence-corrected chi connectivity index (χ1v) is 9.89. The van der Waals surface area contributed by atoms with Crippen molar-refractivity contribution in [3.05, 3.63) is 29.3 Å². The number of pyridine rings is 1. The molecular weight excluding hydrogens is 366 g/mol. The molecule has 1 aliphatic carbocycles. The largest absolute Gasteiger partial charge is 0.368 e. The van der Waals surface area contributed by atoms with Crippen molar-refractivity contribution in [1.29, 1.82) is 0 Å². The van der Waals surface area contributed by atoms with Gasteiger partial charge in [0.2, 0.25) is 0 Å². The van der Waals surface area contributed by atoms with Gasteiger partial charge in [-0.25, -0.2) is 18.6 Å². The van der Waals surface area contributed by atoms with E-state index in [1.54, 1.807) is 24.2 Å². The number of hydrogen-bond acceptors (Lipinski definition) is 4. The van der Waals surface area contributed by atoms with Crippen molar-refractivity contribution in [3.8, 4) is 0 Å². The van der Waals surface area contributed by atoms with Crippen molar-refractivity contribution in [1.82, 2.24) is 14.9 Å². The average molecular weight is 392 g/mol. The number of urea groups is 1. The van der Waals surface area contributed by atoms with Gasteiger partial charge in [0.25, 0.3) is 0 Å². The molecule has 2 aliphatic heterocycles. The van der Waals surface area contributed by atoms with Crippen LogP contribution in [0.25, 0.3) is 0 Å². The Morgan fingerprint density at radius 2 is 2.00 bits per heavy atom. The van der Waals surface area contributed by atoms with Gasteiger partial charge in [0.15, 0.2) is 0 Å². The van der Waals surface area contributed by atoms with Gasteiger partial charge in [-0.05, 0) is 51.2 Å². The standard InChI is InChI=1S/C20H26F2N4O2/c1-13-17(22)9-14(10-23-13)18-7-8-24-26(18)19(27)25-11-20(2,12-25)28-16-5-3-15(21)4-6-16/h8-10,15-16,18H,3-7,11-12H2,1-2H3/t15?,16?,18-/m0/s1. The molecule has 2 amide bonds. The summed E-state index contributed by atoms with van der Waals surface area (Å²) < 4.78 is 33.4. The van der Waals surface area contributed by atoms with Gasteiger partial charge < -0.3 is 9.64 Å². The monoisotopic (exact) mass is 392 g/mol. The molecule has 0 unspecified atom stereocenters. The second-order valence-corrected chi connectivity index (χ2v) is 8.31. The van der Waals surface area contributed by atoms with Crippen LogP contribution in [0.15, 0.2) is 17.4 Å². The van der Waals surface area contributed by atoms with Crippen LogP contribution >= 0.6 is 0 Å². The third kappa shape index (κ3) is 3.74. The molecule has 6 nitrogen and oxygen atoms in total. The SMILES string of the molecule is Cc1ncc([C@@H]2CC=NN2C(=O)N2CC(C)(OC3CCC(F)CC3)C2)cc1F. The zero-order chi connectivity index (χ0) is 19.9. The van der Waals surface area contributed by atoms with E-state index < -0.39 is 11.8 Å². The normalized spacial score (nSPS) is 29.1. The van der Waals surface area contributed by atoms with Crippen LogP contribution in [0.4, 0.5) is 13.6 Å². The van der Waals surface area contributed by atoms with E-state index in [4.69, 9.17) is 4.74 Å². The first-order chi connectivity index (χ1) is 13.3. The zero-order valence-electron chi connectivity index (χ0n) is 16.3. The zero-order valence-corrected chi connectivity index (χ0v) is 16.3. The number of likely N-dealkylation sites (tertiary alicyclic amines) is 1. The fourth-order valence-electron chi connectivity index (χ4n) is 4.24. The summed E-state index contributed by atoms with van der Waals surface area (Å²) in [5.41, 5.74) is 0.564. The molecule has 0 bridgehead atoms. The van der Waals surface area contributed by atoms with E-state index in [0.717, 1.165) is 12.8 Å². The topological polar surface area (TPSA) is 58.0 Å². The van der Waals surface area contributed by atoms with Gasteiger partial charge in [0.05, 0.1) is 30.9 Å². The van der Waals surface area contributed by atoms with Gasteiger partial charge in [-0.15, -0.1) is 0 Å². The predicted octanol–water partition coefficient (Wildman–Crippen LogP) is 3.75. The number of hydrazone groups is 1. The lowest BCUT2D eigenvalue weighted by atomic mass is 9.92. The highest BCUT2D eigenvalue weighted by Gasteiger charge is 2.47. The van der Waals surface area contributed by atoms with E-state index in [1.807, 2.05) is 6.92 Å². The molecule has 0 spiro atoms. The van der Waals surface area contributed by atoms with Crippen molar-refractivity contribution in [3.63, 3.8) is 0 Å². The molecule has 1 saturated carbocycles. The summed E-state index contributed by atoms with van der Waals surface area (Å²) in [6.07, 6.45) is 5.72. The predicted molar refractivity (Wildman–Crippen MR) is 100 cm³/mol. The molecule has 1 atom stereocenters. The Hall–Kier alpha value is -2.09. The summed E-state index contributed by atoms with van der Waals surface area (Å²) in [4.78, 5) is 18.7. The van der Waals surface area contributed by atoms with Crippen LogP contribution in [0.2, 0.25) is 0 Å². The summed E-state index contributed by atoms with van der Waals surface area (Å²) in [7, 11) is 0. The van der Waals surface area contributed by atoms with Gasteiger partial charge >= 0.3 is 6.03 Å². The molecule has 1 aromatic rings. The highest BCUT2D eigenvalue weighted by molar-refractivity contribution is 5.79. The summed E-state index contributed by atoms with van der Waals surface area (Å²) in [5, 5.41) is 5.61. The second kappa shape index (κ2) is 7.39. The average Bonchev–Trinajstić information content (AvgIpc) is 3.13. The molecule has 1 saturated heterocycles. The molecule has 1 aromatic heterocycles. The maximum Gasteiger partial charge on any atom is 0.341 e. The number of carbonyl (C=O) groups excluding carboxylic acids is 1. The number of alkyl halides is 1. The van der Waals surface area contributed by atoms with Crippen molar-refractivity contribution in [2.24, 2.45) is 5.10 Å². The number of halogens is 2. The molecule has 8 heteroatoms. The van der Waals surface area contributed by atoms with Crippen LogP contribution in [0.1, 0.15) is 56.3 Å². The molecular formula is C20H26F2N4O2. The Bertz CT molecular complexity index is 773. The Kier molecular flexibility index (Phi) is 5.07. The van der Waals surface area contributed by atoms with Crippen LogP contribution in [0, 0.1) is 12.7 Å². The third-order valence-corrected chi connectivity index (χ3v) is 5.83. The maximum absolute atomic E-state index is 13.9. The number of ether oxygens (including phenoxy) is 1. The van der Waals surface area contributed by atoms with Gasteiger partial charge in [-0.2, -0.15) is 5.10 Å². The highest BCUT2D eigenvalue weighted by Crippen LogP contribution is 2.35. The van der Waals surface area contributed by atoms with Crippen LogP contribution < -0.4 is 0 Å². The summed E-state index contributed by atoms with van der Waals surface area (Å²) in [6.45, 7) is 4.54. The first-order valence-electron chi connectivity index (χ1n) is 9.89. The molecule has 4 rings (SSSR count). The second-order valence-electron chi connectivity index (χ2n) is 8.31. The molecule has 0 N–H and O–H groups in total. The molecule has 3 aliphatic rings. The van der Waals surface area contributed by atoms with E-state index in [2.05, 4.69) is 10.1 Å². The van der Waals surface area contributed by atoms with Crippen molar-refractivity contribution >= 4 is 12.2 Å². The summed E-state index contributed by atoms with van der Waals surface area (Å²) >= 11 is 0. The lowest BCUT2D eigenvalue weighted by Crippen LogP contribution is -2.65. The lowest BCUT2D eigenvalue weighted by molar-refractivity contribution is -0.161. The van der Waals surface area contributed by atoms with E-state index in [-0.39, 0.29) is 24.0 Å². The van der Waals surface area contributed by atoms with Crippen molar-refractivity contribution < 1.29 is 18.3 Å². The quantitative estimate of drug-likeness (QED) is 0.787. The number of carbonyl (C=O) groups is 1. The number of hydrogen-bond donors (Lipinski definition) is 0. The Morgan fingerprint density at radius 1 is 1.29 bits per heavy atom. The summed E-state index contributed by atoms with van der Waals surface area (Å²) in [5.74, 6) is -0.385. The fraction of sp³-hybridized carbons (Fsp3) is 0.650. The van der Waals surface area contributed by atoms with E-state index >= 15 is 0 Å². The number of aryl methyl sites for hydroxylation is 1.